The number of hydrogen-bond donors (Lipinski definition) is 1. The molecule has 1 aromatic heterocycles. The Morgan fingerprint density at radius 3 is 2.61 bits per heavy atom. The summed E-state index contributed by atoms with van der Waals surface area (Å²) in [5.74, 6) is -0.693. The molecule has 0 unspecified atom stereocenters. The lowest BCUT2D eigenvalue weighted by molar-refractivity contribution is 0.0923. The van der Waals surface area contributed by atoms with Crippen molar-refractivity contribution in [2.45, 2.75) is 0 Å². The Morgan fingerprint density at radius 1 is 1.00 bits per heavy atom. The van der Waals surface area contributed by atoms with Crippen LogP contribution in [-0.2, 0) is 0 Å². The third kappa shape index (κ3) is 2.99. The first-order chi connectivity index (χ1) is 13.6. The molecule has 7 nitrogen and oxygen atoms in total. The monoisotopic (exact) mass is 373 g/mol. The van der Waals surface area contributed by atoms with Crippen LogP contribution < -0.4 is 15.0 Å². The Hall–Kier alpha value is -4.00. The van der Waals surface area contributed by atoms with E-state index in [1.807, 2.05) is 0 Å². The van der Waals surface area contributed by atoms with Gasteiger partial charge in [0.15, 0.2) is 0 Å². The predicted molar refractivity (Wildman–Crippen MR) is 103 cm³/mol. The number of anilines is 2. The summed E-state index contributed by atoms with van der Waals surface area (Å²) < 4.78 is 5.13. The molecule has 28 heavy (non-hydrogen) atoms. The van der Waals surface area contributed by atoms with Crippen molar-refractivity contribution in [1.82, 2.24) is 4.98 Å². The second-order valence-electron chi connectivity index (χ2n) is 6.08. The van der Waals surface area contributed by atoms with E-state index in [0.29, 0.717) is 22.7 Å². The summed E-state index contributed by atoms with van der Waals surface area (Å²) in [6.07, 6.45) is 1.47. The number of benzene rings is 2. The molecule has 0 saturated heterocycles. The van der Waals surface area contributed by atoms with Crippen molar-refractivity contribution < 1.29 is 19.1 Å². The van der Waals surface area contributed by atoms with E-state index in [1.54, 1.807) is 60.7 Å². The number of hydrogen-bond acceptors (Lipinski definition) is 5. The minimum atomic E-state index is -0.489. The number of aromatic nitrogens is 1. The molecule has 0 aliphatic carbocycles. The van der Waals surface area contributed by atoms with Gasteiger partial charge in [-0.15, -0.1) is 0 Å². The van der Waals surface area contributed by atoms with E-state index in [0.717, 1.165) is 4.90 Å². The number of amides is 3. The highest BCUT2D eigenvalue weighted by atomic mass is 16.5. The average Bonchev–Trinajstić information content (AvgIpc) is 2.99. The van der Waals surface area contributed by atoms with Gasteiger partial charge in [0.2, 0.25) is 0 Å². The minimum absolute atomic E-state index is 0.123. The lowest BCUT2D eigenvalue weighted by Crippen LogP contribution is -2.29. The van der Waals surface area contributed by atoms with Crippen LogP contribution in [0.15, 0.2) is 66.9 Å². The molecule has 0 saturated carbocycles. The van der Waals surface area contributed by atoms with Crippen LogP contribution in [0.3, 0.4) is 0 Å². The third-order valence-corrected chi connectivity index (χ3v) is 4.34. The summed E-state index contributed by atoms with van der Waals surface area (Å²) in [7, 11) is 1.53. The van der Waals surface area contributed by atoms with E-state index in [-0.39, 0.29) is 17.2 Å². The largest absolute Gasteiger partial charge is 0.497 e. The van der Waals surface area contributed by atoms with E-state index < -0.39 is 11.8 Å². The fraction of sp³-hybridized carbons (Fsp3) is 0.0476. The zero-order valence-electron chi connectivity index (χ0n) is 14.9. The van der Waals surface area contributed by atoms with Gasteiger partial charge in [-0.1, -0.05) is 12.1 Å². The van der Waals surface area contributed by atoms with E-state index in [2.05, 4.69) is 10.3 Å². The fourth-order valence-electron chi connectivity index (χ4n) is 2.99. The number of carbonyl (C=O) groups excluding carboxylic acids is 3. The van der Waals surface area contributed by atoms with Crippen LogP contribution in [0.5, 0.6) is 5.75 Å². The van der Waals surface area contributed by atoms with Crippen molar-refractivity contribution in [3.63, 3.8) is 0 Å². The second kappa shape index (κ2) is 6.96. The molecular weight excluding hydrogens is 358 g/mol. The molecule has 4 rings (SSSR count). The molecule has 0 fully saturated rings. The molecule has 2 heterocycles. The molecular formula is C21H15N3O4. The van der Waals surface area contributed by atoms with Gasteiger partial charge in [0.1, 0.15) is 11.4 Å². The summed E-state index contributed by atoms with van der Waals surface area (Å²) in [4.78, 5) is 42.7. The molecule has 1 aliphatic rings. The number of rotatable bonds is 4. The van der Waals surface area contributed by atoms with Gasteiger partial charge in [0, 0.05) is 17.4 Å². The van der Waals surface area contributed by atoms with Gasteiger partial charge in [0.05, 0.1) is 18.4 Å². The van der Waals surface area contributed by atoms with Crippen LogP contribution >= 0.6 is 0 Å². The lowest BCUT2D eigenvalue weighted by atomic mass is 10.2. The standard InChI is InChI=1S/C21H15N3O4/c1-28-16-8-2-5-13(11-16)19(25)23-14-6-3-7-15(12-14)24-20(26)17-9-4-10-22-18(17)21(24)27/h2-12H,1H3,(H,23,25). The molecule has 2 aromatic carbocycles. The molecule has 1 N–H and O–H groups in total. The number of pyridine rings is 1. The number of ether oxygens (including phenoxy) is 1. The molecule has 0 atom stereocenters. The van der Waals surface area contributed by atoms with Crippen LogP contribution in [0.25, 0.3) is 0 Å². The number of fused-ring (bicyclic) bond motifs is 1. The summed E-state index contributed by atoms with van der Waals surface area (Å²) in [6.45, 7) is 0. The van der Waals surface area contributed by atoms with Crippen LogP contribution in [0.4, 0.5) is 11.4 Å². The highest BCUT2D eigenvalue weighted by Crippen LogP contribution is 2.29. The zero-order chi connectivity index (χ0) is 19.7. The number of methoxy groups -OCH3 is 1. The normalized spacial score (nSPS) is 12.7. The van der Waals surface area contributed by atoms with E-state index in [9.17, 15) is 14.4 Å². The first-order valence-corrected chi connectivity index (χ1v) is 8.48. The van der Waals surface area contributed by atoms with Crippen molar-refractivity contribution in [2.75, 3.05) is 17.3 Å². The number of carbonyl (C=O) groups is 3. The molecule has 0 spiro atoms. The van der Waals surface area contributed by atoms with Gasteiger partial charge in [-0.05, 0) is 48.5 Å². The summed E-state index contributed by atoms with van der Waals surface area (Å²) in [6, 6.07) is 16.5. The summed E-state index contributed by atoms with van der Waals surface area (Å²) in [5.41, 5.74) is 1.62. The first-order valence-electron chi connectivity index (χ1n) is 8.48. The summed E-state index contributed by atoms with van der Waals surface area (Å²) >= 11 is 0. The molecule has 3 amide bonds. The van der Waals surface area contributed by atoms with E-state index in [4.69, 9.17) is 4.74 Å². The second-order valence-corrected chi connectivity index (χ2v) is 6.08. The molecule has 7 heteroatoms. The maximum atomic E-state index is 12.6. The molecule has 0 radical (unpaired) electrons. The molecule has 1 aliphatic heterocycles. The van der Waals surface area contributed by atoms with Crippen LogP contribution in [-0.4, -0.2) is 29.8 Å². The molecule has 3 aromatic rings. The van der Waals surface area contributed by atoms with E-state index >= 15 is 0 Å². The van der Waals surface area contributed by atoms with Crippen LogP contribution in [0.2, 0.25) is 0 Å². The highest BCUT2D eigenvalue weighted by molar-refractivity contribution is 6.33. The van der Waals surface area contributed by atoms with Crippen molar-refractivity contribution in [2.24, 2.45) is 0 Å². The molecule has 138 valence electrons. The third-order valence-electron chi connectivity index (χ3n) is 4.34. The van der Waals surface area contributed by atoms with Gasteiger partial charge < -0.3 is 10.1 Å². The van der Waals surface area contributed by atoms with Crippen molar-refractivity contribution in [1.29, 1.82) is 0 Å². The average molecular weight is 373 g/mol. The van der Waals surface area contributed by atoms with Gasteiger partial charge in [-0.3, -0.25) is 19.4 Å². The maximum Gasteiger partial charge on any atom is 0.284 e. The Bertz CT molecular complexity index is 1080. The van der Waals surface area contributed by atoms with Crippen molar-refractivity contribution in [3.05, 3.63) is 83.7 Å². The van der Waals surface area contributed by atoms with Crippen molar-refractivity contribution in [3.8, 4) is 5.75 Å². The zero-order valence-corrected chi connectivity index (χ0v) is 14.9. The Morgan fingerprint density at radius 2 is 1.82 bits per heavy atom. The fourth-order valence-corrected chi connectivity index (χ4v) is 2.99. The Kier molecular flexibility index (Phi) is 4.33. The number of nitrogens with zero attached hydrogens (tertiary/aromatic N) is 2. The highest BCUT2D eigenvalue weighted by Gasteiger charge is 2.37. The van der Waals surface area contributed by atoms with Crippen molar-refractivity contribution >= 4 is 29.1 Å². The maximum absolute atomic E-state index is 12.6. The SMILES string of the molecule is COc1cccc(C(=O)Nc2cccc(N3C(=O)c4cccnc4C3=O)c2)c1. The van der Waals surface area contributed by atoms with Gasteiger partial charge in [-0.2, -0.15) is 0 Å². The topological polar surface area (TPSA) is 88.6 Å². The predicted octanol–water partition coefficient (Wildman–Crippen LogP) is 3.14. The minimum Gasteiger partial charge on any atom is -0.497 e. The van der Waals surface area contributed by atoms with Gasteiger partial charge >= 0.3 is 0 Å². The van der Waals surface area contributed by atoms with E-state index in [1.165, 1.54) is 13.3 Å². The Balaban J connectivity index is 1.60. The molecule has 0 bridgehead atoms. The number of nitrogens with one attached hydrogen (secondary N) is 1. The quantitative estimate of drug-likeness (QED) is 0.710. The van der Waals surface area contributed by atoms with Gasteiger partial charge in [-0.25, -0.2) is 4.90 Å². The lowest BCUT2D eigenvalue weighted by Gasteiger charge is -2.15. The van der Waals surface area contributed by atoms with Crippen LogP contribution in [0.1, 0.15) is 31.2 Å². The first kappa shape index (κ1) is 17.4. The number of imide groups is 1. The summed E-state index contributed by atoms with van der Waals surface area (Å²) in [5, 5.41) is 2.76. The van der Waals surface area contributed by atoms with Gasteiger partial charge in [0.25, 0.3) is 17.7 Å². The smallest absolute Gasteiger partial charge is 0.284 e. The van der Waals surface area contributed by atoms with Crippen LogP contribution in [0, 0.1) is 0 Å². The Labute approximate surface area is 160 Å².